The van der Waals surface area contributed by atoms with Gasteiger partial charge in [0.2, 0.25) is 0 Å². The van der Waals surface area contributed by atoms with Crippen molar-refractivity contribution in [3.05, 3.63) is 144 Å². The monoisotopic (exact) mass is 539 g/mol. The Morgan fingerprint density at radius 2 is 0.700 bits per heavy atom. The van der Waals surface area contributed by atoms with Crippen molar-refractivity contribution in [2.75, 3.05) is 0 Å². The molecule has 3 N–H and O–H groups in total. The smallest absolute Gasteiger partial charge is 0.115 e. The highest BCUT2D eigenvalue weighted by molar-refractivity contribution is 5.17. The molecule has 5 rings (SSSR count). The van der Waals surface area contributed by atoms with E-state index in [9.17, 15) is 5.11 Å². The molecule has 0 heterocycles. The largest absolute Gasteiger partial charge is 0.389 e. The molecule has 4 aromatic rings. The third kappa shape index (κ3) is 7.43. The Hall–Kier alpha value is -3.36. The lowest BCUT2D eigenvalue weighted by Gasteiger charge is -2.47. The number of rotatable bonds is 12. The van der Waals surface area contributed by atoms with E-state index in [1.54, 1.807) is 0 Å². The van der Waals surface area contributed by atoms with Crippen molar-refractivity contribution in [1.82, 2.24) is 0 Å². The maximum absolute atomic E-state index is 11.5. The average Bonchev–Trinajstić information content (AvgIpc) is 3.01. The molecule has 0 aliphatic heterocycles. The zero-order valence-corrected chi connectivity index (χ0v) is 22.5. The minimum absolute atomic E-state index is 0.307. The molecule has 1 saturated carbocycles. The van der Waals surface area contributed by atoms with Crippen molar-refractivity contribution in [1.29, 1.82) is 0 Å². The number of ether oxygens (including phenoxy) is 4. The Balaban J connectivity index is 1.42. The van der Waals surface area contributed by atoms with E-state index in [0.717, 1.165) is 22.3 Å². The van der Waals surface area contributed by atoms with Gasteiger partial charge in [0.05, 0.1) is 32.5 Å². The lowest BCUT2D eigenvalue weighted by Crippen LogP contribution is -2.68. The van der Waals surface area contributed by atoms with Crippen molar-refractivity contribution < 1.29 is 24.1 Å². The highest BCUT2D eigenvalue weighted by Crippen LogP contribution is 2.32. The maximum Gasteiger partial charge on any atom is 0.115 e. The van der Waals surface area contributed by atoms with Gasteiger partial charge in [0.25, 0.3) is 0 Å². The maximum atomic E-state index is 11.5. The summed E-state index contributed by atoms with van der Waals surface area (Å²) in [5.41, 5.74) is 10.7. The molecule has 0 aromatic heterocycles. The summed E-state index contributed by atoms with van der Waals surface area (Å²) in [4.78, 5) is 0. The normalized spacial score (nSPS) is 24.6. The van der Waals surface area contributed by atoms with Crippen LogP contribution in [0.1, 0.15) is 22.3 Å². The summed E-state index contributed by atoms with van der Waals surface area (Å²) < 4.78 is 25.8. The van der Waals surface area contributed by atoms with E-state index in [1.165, 1.54) is 0 Å². The van der Waals surface area contributed by atoms with E-state index < -0.39 is 36.6 Å². The molecule has 0 saturated heterocycles. The summed E-state index contributed by atoms with van der Waals surface area (Å²) in [6, 6.07) is 38.9. The van der Waals surface area contributed by atoms with E-state index >= 15 is 0 Å². The molecule has 1 fully saturated rings. The van der Waals surface area contributed by atoms with Gasteiger partial charge >= 0.3 is 0 Å². The topological polar surface area (TPSA) is 83.2 Å². The van der Waals surface area contributed by atoms with Gasteiger partial charge in [0.1, 0.15) is 30.5 Å². The van der Waals surface area contributed by atoms with Gasteiger partial charge in [-0.15, -0.1) is 0 Å². The van der Waals surface area contributed by atoms with Crippen LogP contribution >= 0.6 is 0 Å². The molecule has 6 atom stereocenters. The van der Waals surface area contributed by atoms with Gasteiger partial charge in [-0.1, -0.05) is 121 Å². The lowest BCUT2D eigenvalue weighted by molar-refractivity contribution is -0.247. The highest BCUT2D eigenvalue weighted by Gasteiger charge is 2.52. The molecule has 0 bridgehead atoms. The fourth-order valence-electron chi connectivity index (χ4n) is 5.05. The van der Waals surface area contributed by atoms with E-state index in [2.05, 4.69) is 0 Å². The molecule has 4 aromatic carbocycles. The summed E-state index contributed by atoms with van der Waals surface area (Å²) in [5, 5.41) is 11.5. The van der Waals surface area contributed by atoms with Crippen molar-refractivity contribution in [3.8, 4) is 0 Å². The van der Waals surface area contributed by atoms with E-state index in [0.29, 0.717) is 26.4 Å². The fourth-order valence-corrected chi connectivity index (χ4v) is 5.05. The molecule has 0 amide bonds. The van der Waals surface area contributed by atoms with Gasteiger partial charge in [0.15, 0.2) is 0 Å². The second kappa shape index (κ2) is 14.3. The first-order valence-corrected chi connectivity index (χ1v) is 13.7. The van der Waals surface area contributed by atoms with Crippen LogP contribution in [-0.4, -0.2) is 41.7 Å². The minimum Gasteiger partial charge on any atom is -0.389 e. The molecule has 0 spiro atoms. The zero-order chi connectivity index (χ0) is 27.6. The van der Waals surface area contributed by atoms with Crippen molar-refractivity contribution in [3.63, 3.8) is 0 Å². The standard InChI is InChI=1S/C34H37NO5/c35-29-30(36)32(38-22-26-15-7-2-8-16-26)34(40-24-28-19-11-4-12-20-28)33(39-23-27-17-9-3-10-18-27)31(29)37-21-25-13-5-1-6-14-25/h1-20,29-34,36H,21-24,35H2/t29-,30+,31-,32-,33+,34+/m0/s1. The second-order valence-corrected chi connectivity index (χ2v) is 10.1. The van der Waals surface area contributed by atoms with Gasteiger partial charge in [0, 0.05) is 0 Å². The molecule has 6 nitrogen and oxygen atoms in total. The Kier molecular flexibility index (Phi) is 10.1. The van der Waals surface area contributed by atoms with Gasteiger partial charge in [-0.05, 0) is 22.3 Å². The molecule has 0 unspecified atom stereocenters. The molecule has 6 heteroatoms. The Labute approximate surface area is 236 Å². The number of nitrogens with two attached hydrogens (primary N) is 1. The van der Waals surface area contributed by atoms with Gasteiger partial charge < -0.3 is 29.8 Å². The third-order valence-electron chi connectivity index (χ3n) is 7.22. The van der Waals surface area contributed by atoms with Crippen LogP contribution in [0.25, 0.3) is 0 Å². The van der Waals surface area contributed by atoms with Crippen LogP contribution < -0.4 is 5.73 Å². The van der Waals surface area contributed by atoms with Crippen LogP contribution in [0.15, 0.2) is 121 Å². The molecular formula is C34H37NO5. The van der Waals surface area contributed by atoms with Crippen molar-refractivity contribution >= 4 is 0 Å². The second-order valence-electron chi connectivity index (χ2n) is 10.1. The summed E-state index contributed by atoms with van der Waals surface area (Å²) in [5.74, 6) is 0. The van der Waals surface area contributed by atoms with E-state index in [4.69, 9.17) is 24.7 Å². The minimum atomic E-state index is -1.03. The number of aliphatic hydroxyl groups is 1. The first-order valence-electron chi connectivity index (χ1n) is 13.7. The number of aliphatic hydroxyl groups excluding tert-OH is 1. The number of hydrogen-bond acceptors (Lipinski definition) is 6. The molecule has 1 aliphatic rings. The van der Waals surface area contributed by atoms with Gasteiger partial charge in [-0.2, -0.15) is 0 Å². The average molecular weight is 540 g/mol. The summed E-state index contributed by atoms with van der Waals surface area (Å²) in [7, 11) is 0. The summed E-state index contributed by atoms with van der Waals surface area (Å²) in [6.07, 6.45) is -3.61. The van der Waals surface area contributed by atoms with E-state index in [1.807, 2.05) is 121 Å². The van der Waals surface area contributed by atoms with Gasteiger partial charge in [-0.25, -0.2) is 0 Å². The van der Waals surface area contributed by atoms with Crippen LogP contribution in [0, 0.1) is 0 Å². The lowest BCUT2D eigenvalue weighted by atomic mass is 9.82. The number of hydrogen-bond donors (Lipinski definition) is 2. The SMILES string of the molecule is N[C@H]1[C@@H](O)[C@H](OCc2ccccc2)[C@@H](OCc2ccccc2)[C@H](OCc2ccccc2)[C@H]1OCc1ccccc1. The Morgan fingerprint density at radius 1 is 0.425 bits per heavy atom. The van der Waals surface area contributed by atoms with Gasteiger partial charge in [-0.3, -0.25) is 0 Å². The first-order chi connectivity index (χ1) is 19.7. The summed E-state index contributed by atoms with van der Waals surface area (Å²) >= 11 is 0. The highest BCUT2D eigenvalue weighted by atomic mass is 16.6. The van der Waals surface area contributed by atoms with Crippen LogP contribution in [0.2, 0.25) is 0 Å². The molecule has 0 radical (unpaired) electrons. The number of benzene rings is 4. The summed E-state index contributed by atoms with van der Waals surface area (Å²) in [6.45, 7) is 1.31. The van der Waals surface area contributed by atoms with E-state index in [-0.39, 0.29) is 0 Å². The molecular weight excluding hydrogens is 502 g/mol. The predicted octanol–water partition coefficient (Wildman–Crippen LogP) is 5.03. The first kappa shape index (κ1) is 28.2. The van der Waals surface area contributed by atoms with Crippen LogP contribution in [0.4, 0.5) is 0 Å². The fraction of sp³-hybridized carbons (Fsp3) is 0.294. The van der Waals surface area contributed by atoms with Crippen LogP contribution in [0.3, 0.4) is 0 Å². The van der Waals surface area contributed by atoms with Crippen LogP contribution in [0.5, 0.6) is 0 Å². The molecule has 208 valence electrons. The Bertz CT molecular complexity index is 1160. The Morgan fingerprint density at radius 3 is 1.05 bits per heavy atom. The molecule has 40 heavy (non-hydrogen) atoms. The third-order valence-corrected chi connectivity index (χ3v) is 7.22. The predicted molar refractivity (Wildman–Crippen MR) is 154 cm³/mol. The molecule has 1 aliphatic carbocycles. The van der Waals surface area contributed by atoms with Crippen molar-refractivity contribution in [2.24, 2.45) is 5.73 Å². The quantitative estimate of drug-likeness (QED) is 0.263. The zero-order valence-electron chi connectivity index (χ0n) is 22.5. The van der Waals surface area contributed by atoms with Crippen molar-refractivity contribution in [2.45, 2.75) is 63.0 Å². The van der Waals surface area contributed by atoms with Crippen LogP contribution in [-0.2, 0) is 45.4 Å².